The molecule has 12 heavy (non-hydrogen) atoms. The Morgan fingerprint density at radius 3 is 2.83 bits per heavy atom. The summed E-state index contributed by atoms with van der Waals surface area (Å²) in [6, 6.07) is 7.87. The van der Waals surface area contributed by atoms with Crippen molar-refractivity contribution in [3.05, 3.63) is 48.6 Å². The fourth-order valence-electron chi connectivity index (χ4n) is 0.978. The minimum Gasteiger partial charge on any atom is -0.417 e. The van der Waals surface area contributed by atoms with Gasteiger partial charge >= 0.3 is 0 Å². The van der Waals surface area contributed by atoms with Crippen LogP contribution < -0.4 is 0 Å². The van der Waals surface area contributed by atoms with Crippen LogP contribution in [-0.4, -0.2) is 14.2 Å². The molecule has 0 aromatic heterocycles. The van der Waals surface area contributed by atoms with Crippen LogP contribution in [0.1, 0.15) is 11.1 Å². The third-order valence-electron chi connectivity index (χ3n) is 1.42. The van der Waals surface area contributed by atoms with Gasteiger partial charge in [-0.2, -0.15) is 5.56 Å². The first-order valence-electron chi connectivity index (χ1n) is 3.69. The molecule has 0 radical (unpaired) electrons. The maximum Gasteiger partial charge on any atom is 0.123 e. The summed E-state index contributed by atoms with van der Waals surface area (Å²) in [5, 5.41) is 0. The summed E-state index contributed by atoms with van der Waals surface area (Å²) in [7, 11) is 3.26. The lowest BCUT2D eigenvalue weighted by molar-refractivity contribution is 0.289. The molecule has 0 atom stereocenters. The maximum atomic E-state index is 4.88. The third-order valence-corrected chi connectivity index (χ3v) is 1.42. The molecule has 2 nitrogen and oxygen atoms in total. The Balaban J connectivity index is 2.67. The van der Waals surface area contributed by atoms with Gasteiger partial charge in [0.15, 0.2) is 0 Å². The van der Waals surface area contributed by atoms with Crippen LogP contribution in [0.3, 0.4) is 0 Å². The summed E-state index contributed by atoms with van der Waals surface area (Å²) in [6.07, 6.45) is 0. The second-order valence-electron chi connectivity index (χ2n) is 2.38. The zero-order chi connectivity index (χ0) is 8.81. The Bertz CT molecular complexity index is 212. The Labute approximate surface area is 73.1 Å². The average Bonchev–Trinajstić information content (AvgIpc) is 2.06. The van der Waals surface area contributed by atoms with Gasteiger partial charge in [0.05, 0.1) is 12.7 Å². The van der Waals surface area contributed by atoms with Gasteiger partial charge < -0.3 is 4.74 Å². The van der Waals surface area contributed by atoms with Crippen molar-refractivity contribution in [2.75, 3.05) is 14.2 Å². The van der Waals surface area contributed by atoms with Crippen LogP contribution in [0.4, 0.5) is 0 Å². The molecule has 0 unspecified atom stereocenters. The van der Waals surface area contributed by atoms with Crippen molar-refractivity contribution in [1.29, 1.82) is 0 Å². The molecule has 1 aromatic carbocycles. The Morgan fingerprint density at radius 2 is 2.17 bits per heavy atom. The molecular formula is C10H12O2. The number of hydrogen-bond donors (Lipinski definition) is 0. The standard InChI is InChI=1S/C10H12O2/c1-11-7-9-4-3-5-10(6-9)8-12-2/h3-8H,1-2H3. The van der Waals surface area contributed by atoms with Crippen LogP contribution in [0, 0.1) is 13.2 Å². The number of ether oxygens (including phenoxy) is 2. The van der Waals surface area contributed by atoms with Crippen molar-refractivity contribution in [3.63, 3.8) is 0 Å². The van der Waals surface area contributed by atoms with Crippen LogP contribution >= 0.6 is 0 Å². The Hall–Kier alpha value is -1.12. The Morgan fingerprint density at radius 1 is 1.33 bits per heavy atom. The predicted octanol–water partition coefficient (Wildman–Crippen LogP) is 2.00. The minimum absolute atomic E-state index is 1.03. The van der Waals surface area contributed by atoms with Crippen molar-refractivity contribution < 1.29 is 9.47 Å². The molecule has 0 aliphatic carbocycles. The van der Waals surface area contributed by atoms with Crippen LogP contribution in [-0.2, 0) is 9.47 Å². The SMILES string of the molecule is CO[CH+]c1cccc([CH-]OC)c1. The molecule has 1 rings (SSSR count). The van der Waals surface area contributed by atoms with Gasteiger partial charge in [-0.05, 0) is 0 Å². The lowest BCUT2D eigenvalue weighted by atomic mass is 10.1. The summed E-state index contributed by atoms with van der Waals surface area (Å²) >= 11 is 0. The Kier molecular flexibility index (Phi) is 3.51. The van der Waals surface area contributed by atoms with E-state index in [1.807, 2.05) is 24.3 Å². The summed E-state index contributed by atoms with van der Waals surface area (Å²) in [4.78, 5) is 0. The van der Waals surface area contributed by atoms with Crippen LogP contribution in [0.5, 0.6) is 0 Å². The van der Waals surface area contributed by atoms with E-state index < -0.39 is 0 Å². The van der Waals surface area contributed by atoms with Gasteiger partial charge in [-0.15, -0.1) is 12.1 Å². The van der Waals surface area contributed by atoms with E-state index in [0.717, 1.165) is 11.1 Å². The normalized spacial score (nSPS) is 9.50. The van der Waals surface area contributed by atoms with E-state index in [2.05, 4.69) is 0 Å². The quantitative estimate of drug-likeness (QED) is 0.634. The lowest BCUT2D eigenvalue weighted by Crippen LogP contribution is -1.88. The van der Waals surface area contributed by atoms with Gasteiger partial charge in [0.1, 0.15) is 6.61 Å². The molecule has 0 saturated carbocycles. The van der Waals surface area contributed by atoms with Gasteiger partial charge in [0.2, 0.25) is 0 Å². The number of hydrogen-bond acceptors (Lipinski definition) is 2. The number of benzene rings is 1. The molecular weight excluding hydrogens is 152 g/mol. The summed E-state index contributed by atoms with van der Waals surface area (Å²) < 4.78 is 9.76. The summed E-state index contributed by atoms with van der Waals surface area (Å²) in [6.45, 7) is 3.38. The van der Waals surface area contributed by atoms with Gasteiger partial charge in [-0.3, -0.25) is 4.74 Å². The summed E-state index contributed by atoms with van der Waals surface area (Å²) in [5.41, 5.74) is 2.06. The highest BCUT2D eigenvalue weighted by Gasteiger charge is 1.92. The monoisotopic (exact) mass is 164 g/mol. The van der Waals surface area contributed by atoms with Crippen molar-refractivity contribution in [2.24, 2.45) is 0 Å². The molecule has 0 aliphatic rings. The van der Waals surface area contributed by atoms with Gasteiger partial charge in [0.25, 0.3) is 0 Å². The summed E-state index contributed by atoms with van der Waals surface area (Å²) in [5.74, 6) is 0. The average molecular weight is 164 g/mol. The van der Waals surface area contributed by atoms with Gasteiger partial charge in [-0.25, -0.2) is 0 Å². The van der Waals surface area contributed by atoms with Crippen molar-refractivity contribution >= 4 is 0 Å². The van der Waals surface area contributed by atoms with Crippen molar-refractivity contribution in [3.8, 4) is 0 Å². The van der Waals surface area contributed by atoms with Crippen LogP contribution in [0.25, 0.3) is 0 Å². The van der Waals surface area contributed by atoms with E-state index >= 15 is 0 Å². The smallest absolute Gasteiger partial charge is 0.123 e. The first kappa shape index (κ1) is 8.97. The largest absolute Gasteiger partial charge is 0.417 e. The minimum atomic E-state index is 1.03. The second-order valence-corrected chi connectivity index (χ2v) is 2.38. The number of methoxy groups -OCH3 is 2. The zero-order valence-electron chi connectivity index (χ0n) is 7.28. The van der Waals surface area contributed by atoms with E-state index in [9.17, 15) is 0 Å². The van der Waals surface area contributed by atoms with Crippen molar-refractivity contribution in [2.45, 2.75) is 0 Å². The molecule has 0 aliphatic heterocycles. The highest BCUT2D eigenvalue weighted by molar-refractivity contribution is 5.29. The van der Waals surface area contributed by atoms with Crippen LogP contribution in [0.2, 0.25) is 0 Å². The fraction of sp³-hybridized carbons (Fsp3) is 0.200. The van der Waals surface area contributed by atoms with E-state index in [1.54, 1.807) is 27.4 Å². The second kappa shape index (κ2) is 4.70. The first-order valence-corrected chi connectivity index (χ1v) is 3.69. The van der Waals surface area contributed by atoms with E-state index in [4.69, 9.17) is 9.47 Å². The third kappa shape index (κ3) is 2.49. The first-order chi connectivity index (χ1) is 5.86. The fourth-order valence-corrected chi connectivity index (χ4v) is 0.978. The van der Waals surface area contributed by atoms with Gasteiger partial charge in [0, 0.05) is 13.2 Å². The predicted molar refractivity (Wildman–Crippen MR) is 47.3 cm³/mol. The highest BCUT2D eigenvalue weighted by atomic mass is 16.5. The highest BCUT2D eigenvalue weighted by Crippen LogP contribution is 2.09. The lowest BCUT2D eigenvalue weighted by Gasteiger charge is -2.07. The van der Waals surface area contributed by atoms with Crippen molar-refractivity contribution in [1.82, 2.24) is 0 Å². The van der Waals surface area contributed by atoms with Gasteiger partial charge in [-0.1, -0.05) is 12.7 Å². The molecule has 2 heteroatoms. The molecule has 64 valence electrons. The maximum absolute atomic E-state index is 4.88. The van der Waals surface area contributed by atoms with E-state index in [1.165, 1.54) is 0 Å². The molecule has 0 saturated heterocycles. The number of rotatable bonds is 4. The van der Waals surface area contributed by atoms with E-state index in [0.29, 0.717) is 0 Å². The molecule has 0 N–H and O–H groups in total. The molecule has 0 fully saturated rings. The topological polar surface area (TPSA) is 18.5 Å². The van der Waals surface area contributed by atoms with E-state index in [-0.39, 0.29) is 0 Å². The molecule has 0 spiro atoms. The zero-order valence-corrected chi connectivity index (χ0v) is 7.28. The van der Waals surface area contributed by atoms with Crippen LogP contribution in [0.15, 0.2) is 24.3 Å². The molecule has 1 aromatic rings. The molecule has 0 heterocycles. The molecule has 0 bridgehead atoms. The molecule has 0 amide bonds.